The Labute approximate surface area is 109 Å². The highest BCUT2D eigenvalue weighted by molar-refractivity contribution is 5.77. The summed E-state index contributed by atoms with van der Waals surface area (Å²) in [7, 11) is 0. The van der Waals surface area contributed by atoms with Gasteiger partial charge in [0.15, 0.2) is 6.61 Å². The molecule has 1 amide bonds. The number of carbonyl (C=O) groups excluding carboxylic acids is 1. The summed E-state index contributed by atoms with van der Waals surface area (Å²) in [6.45, 7) is 4.55. The van der Waals surface area contributed by atoms with E-state index < -0.39 is 0 Å². The van der Waals surface area contributed by atoms with Gasteiger partial charge in [-0.2, -0.15) is 0 Å². The minimum absolute atomic E-state index is 0.0214. The molecule has 100 valence electrons. The molecule has 0 atom stereocenters. The average Bonchev–Trinajstić information content (AvgIpc) is 2.43. The maximum absolute atomic E-state index is 11.6. The Hall–Kier alpha value is -1.55. The average molecular weight is 250 g/mol. The minimum atomic E-state index is -0.317. The number of nitrogens with one attached hydrogen (secondary N) is 1. The van der Waals surface area contributed by atoms with E-state index in [1.165, 1.54) is 0 Å². The molecule has 0 radical (unpaired) electrons. The molecule has 1 aromatic carbocycles. The first-order valence-electron chi connectivity index (χ1n) is 6.33. The fourth-order valence-electron chi connectivity index (χ4n) is 1.49. The van der Waals surface area contributed by atoms with Crippen LogP contribution in [0.2, 0.25) is 0 Å². The molecule has 0 saturated carbocycles. The maximum atomic E-state index is 11.6. The van der Waals surface area contributed by atoms with Gasteiger partial charge in [-0.1, -0.05) is 32.0 Å². The van der Waals surface area contributed by atoms with Gasteiger partial charge in [0.2, 0.25) is 0 Å². The van der Waals surface area contributed by atoms with Crippen LogP contribution in [0, 0.1) is 0 Å². The summed E-state index contributed by atoms with van der Waals surface area (Å²) in [5.41, 5.74) is 5.78. The lowest BCUT2D eigenvalue weighted by molar-refractivity contribution is -0.123. The molecule has 18 heavy (non-hydrogen) atoms. The van der Waals surface area contributed by atoms with Crippen molar-refractivity contribution in [2.45, 2.75) is 32.2 Å². The summed E-state index contributed by atoms with van der Waals surface area (Å²) in [5.74, 6) is 0.549. The van der Waals surface area contributed by atoms with Crippen LogP contribution in [-0.2, 0) is 4.79 Å². The minimum Gasteiger partial charge on any atom is -0.484 e. The van der Waals surface area contributed by atoms with Crippen molar-refractivity contribution in [2.24, 2.45) is 5.73 Å². The molecule has 0 heterocycles. The van der Waals surface area contributed by atoms with Gasteiger partial charge >= 0.3 is 0 Å². The van der Waals surface area contributed by atoms with E-state index in [4.69, 9.17) is 10.5 Å². The zero-order valence-electron chi connectivity index (χ0n) is 11.1. The molecule has 0 spiro atoms. The van der Waals surface area contributed by atoms with Gasteiger partial charge in [0.05, 0.1) is 0 Å². The summed E-state index contributed by atoms with van der Waals surface area (Å²) < 4.78 is 5.35. The Morgan fingerprint density at radius 2 is 1.89 bits per heavy atom. The topological polar surface area (TPSA) is 64.3 Å². The smallest absolute Gasteiger partial charge is 0.258 e. The largest absolute Gasteiger partial charge is 0.484 e. The van der Waals surface area contributed by atoms with Crippen molar-refractivity contribution in [1.82, 2.24) is 5.32 Å². The standard InChI is InChI=1S/C14H22N2O2/c1-3-14(15,4-2)11-16-13(17)10-18-12-8-6-5-7-9-12/h5-9H,3-4,10-11,15H2,1-2H3,(H,16,17). The van der Waals surface area contributed by atoms with Crippen molar-refractivity contribution in [3.8, 4) is 5.75 Å². The molecule has 0 aliphatic carbocycles. The normalized spacial score (nSPS) is 11.1. The third-order valence-corrected chi connectivity index (χ3v) is 3.16. The lowest BCUT2D eigenvalue weighted by atomic mass is 9.94. The lowest BCUT2D eigenvalue weighted by Crippen LogP contribution is -2.50. The summed E-state index contributed by atoms with van der Waals surface area (Å²) in [6, 6.07) is 9.27. The van der Waals surface area contributed by atoms with E-state index in [1.54, 1.807) is 0 Å². The zero-order valence-corrected chi connectivity index (χ0v) is 11.1. The summed E-state index contributed by atoms with van der Waals surface area (Å²) in [5, 5.41) is 2.81. The number of para-hydroxylation sites is 1. The van der Waals surface area contributed by atoms with E-state index >= 15 is 0 Å². The maximum Gasteiger partial charge on any atom is 0.258 e. The van der Waals surface area contributed by atoms with Gasteiger partial charge in [0, 0.05) is 12.1 Å². The highest BCUT2D eigenvalue weighted by Gasteiger charge is 2.20. The number of ether oxygens (including phenoxy) is 1. The Bertz CT molecular complexity index is 361. The second-order valence-electron chi connectivity index (χ2n) is 4.45. The molecular weight excluding hydrogens is 228 g/mol. The number of nitrogens with two attached hydrogens (primary N) is 1. The molecule has 1 rings (SSSR count). The molecule has 0 aliphatic rings. The number of hydrogen-bond acceptors (Lipinski definition) is 3. The van der Waals surface area contributed by atoms with E-state index in [-0.39, 0.29) is 18.1 Å². The molecule has 0 bridgehead atoms. The molecule has 1 aromatic rings. The Balaban J connectivity index is 2.30. The van der Waals surface area contributed by atoms with E-state index in [2.05, 4.69) is 5.32 Å². The summed E-state index contributed by atoms with van der Waals surface area (Å²) >= 11 is 0. The molecule has 0 saturated heterocycles. The second kappa shape index (κ2) is 7.01. The van der Waals surface area contributed by atoms with Crippen LogP contribution in [-0.4, -0.2) is 24.6 Å². The molecule has 0 unspecified atom stereocenters. The van der Waals surface area contributed by atoms with E-state index in [0.717, 1.165) is 12.8 Å². The van der Waals surface area contributed by atoms with Crippen LogP contribution in [0.4, 0.5) is 0 Å². The number of benzene rings is 1. The Morgan fingerprint density at radius 1 is 1.28 bits per heavy atom. The van der Waals surface area contributed by atoms with Crippen LogP contribution >= 0.6 is 0 Å². The molecule has 0 aliphatic heterocycles. The number of carbonyl (C=O) groups is 1. The molecular formula is C14H22N2O2. The predicted octanol–water partition coefficient (Wildman–Crippen LogP) is 1.70. The summed E-state index contributed by atoms with van der Waals surface area (Å²) in [4.78, 5) is 11.6. The Morgan fingerprint density at radius 3 is 2.44 bits per heavy atom. The van der Waals surface area contributed by atoms with Gasteiger partial charge in [-0.15, -0.1) is 0 Å². The van der Waals surface area contributed by atoms with Crippen LogP contribution in [0.1, 0.15) is 26.7 Å². The van der Waals surface area contributed by atoms with Gasteiger partial charge < -0.3 is 15.8 Å². The lowest BCUT2D eigenvalue weighted by Gasteiger charge is -2.26. The van der Waals surface area contributed by atoms with Crippen LogP contribution < -0.4 is 15.8 Å². The molecule has 0 fully saturated rings. The third kappa shape index (κ3) is 4.75. The van der Waals surface area contributed by atoms with Crippen LogP contribution in [0.15, 0.2) is 30.3 Å². The number of rotatable bonds is 7. The van der Waals surface area contributed by atoms with Gasteiger partial charge in [0.1, 0.15) is 5.75 Å². The SMILES string of the molecule is CCC(N)(CC)CNC(=O)COc1ccccc1. The van der Waals surface area contributed by atoms with Crippen molar-refractivity contribution in [3.63, 3.8) is 0 Å². The first kappa shape index (κ1) is 14.5. The zero-order chi connectivity index (χ0) is 13.4. The van der Waals surface area contributed by atoms with Crippen molar-refractivity contribution in [3.05, 3.63) is 30.3 Å². The van der Waals surface area contributed by atoms with Gasteiger partial charge in [-0.3, -0.25) is 4.79 Å². The Kier molecular flexibility index (Phi) is 5.65. The van der Waals surface area contributed by atoms with Crippen molar-refractivity contribution < 1.29 is 9.53 Å². The van der Waals surface area contributed by atoms with Crippen molar-refractivity contribution in [1.29, 1.82) is 0 Å². The van der Waals surface area contributed by atoms with E-state index in [1.807, 2.05) is 44.2 Å². The van der Waals surface area contributed by atoms with Gasteiger partial charge in [0.25, 0.3) is 5.91 Å². The molecule has 4 nitrogen and oxygen atoms in total. The van der Waals surface area contributed by atoms with Crippen molar-refractivity contribution >= 4 is 5.91 Å². The predicted molar refractivity (Wildman–Crippen MR) is 72.4 cm³/mol. The molecule has 4 heteroatoms. The highest BCUT2D eigenvalue weighted by Crippen LogP contribution is 2.10. The van der Waals surface area contributed by atoms with Crippen LogP contribution in [0.5, 0.6) is 5.75 Å². The fraction of sp³-hybridized carbons (Fsp3) is 0.500. The first-order chi connectivity index (χ1) is 8.59. The van der Waals surface area contributed by atoms with E-state index in [0.29, 0.717) is 12.3 Å². The van der Waals surface area contributed by atoms with Crippen molar-refractivity contribution in [2.75, 3.05) is 13.2 Å². The first-order valence-corrected chi connectivity index (χ1v) is 6.33. The van der Waals surface area contributed by atoms with Crippen LogP contribution in [0.25, 0.3) is 0 Å². The molecule has 3 N–H and O–H groups in total. The van der Waals surface area contributed by atoms with Gasteiger partial charge in [-0.25, -0.2) is 0 Å². The van der Waals surface area contributed by atoms with Gasteiger partial charge in [-0.05, 0) is 25.0 Å². The van der Waals surface area contributed by atoms with E-state index in [9.17, 15) is 4.79 Å². The summed E-state index contributed by atoms with van der Waals surface area (Å²) in [6.07, 6.45) is 1.67. The van der Waals surface area contributed by atoms with Crippen LogP contribution in [0.3, 0.4) is 0 Å². The second-order valence-corrected chi connectivity index (χ2v) is 4.45. The molecule has 0 aromatic heterocycles. The number of hydrogen-bond donors (Lipinski definition) is 2. The highest BCUT2D eigenvalue weighted by atomic mass is 16.5. The number of amides is 1. The monoisotopic (exact) mass is 250 g/mol. The quantitative estimate of drug-likeness (QED) is 0.774. The third-order valence-electron chi connectivity index (χ3n) is 3.16. The fourth-order valence-corrected chi connectivity index (χ4v) is 1.49.